The van der Waals surface area contributed by atoms with Gasteiger partial charge in [0.25, 0.3) is 5.56 Å². The van der Waals surface area contributed by atoms with Crippen LogP contribution in [0.1, 0.15) is 25.0 Å². The average Bonchev–Trinajstić information content (AvgIpc) is 2.59. The van der Waals surface area contributed by atoms with Crippen molar-refractivity contribution in [3.63, 3.8) is 0 Å². The van der Waals surface area contributed by atoms with Gasteiger partial charge in [-0.2, -0.15) is 13.2 Å². The Balaban J connectivity index is 2.46. The van der Waals surface area contributed by atoms with Gasteiger partial charge in [0.2, 0.25) is 0 Å². The topological polar surface area (TPSA) is 63.4 Å². The highest BCUT2D eigenvalue weighted by atomic mass is 19.4. The maximum atomic E-state index is 14.7. The number of alkyl halides is 3. The predicted molar refractivity (Wildman–Crippen MR) is 90.6 cm³/mol. The minimum Gasteiger partial charge on any atom is -0.351 e. The van der Waals surface area contributed by atoms with E-state index in [0.29, 0.717) is 0 Å². The van der Waals surface area contributed by atoms with Crippen LogP contribution >= 0.6 is 0 Å². The monoisotopic (exact) mass is 386 g/mol. The van der Waals surface area contributed by atoms with Gasteiger partial charge in [-0.25, -0.2) is 4.39 Å². The van der Waals surface area contributed by atoms with Gasteiger partial charge in [-0.1, -0.05) is 0 Å². The van der Waals surface area contributed by atoms with Gasteiger partial charge >= 0.3 is 6.18 Å². The first-order valence-electron chi connectivity index (χ1n) is 8.36. The van der Waals surface area contributed by atoms with Gasteiger partial charge in [0.15, 0.2) is 11.7 Å². The smallest absolute Gasteiger partial charge is 0.351 e. The van der Waals surface area contributed by atoms with E-state index < -0.39 is 34.8 Å². The van der Waals surface area contributed by atoms with E-state index in [1.807, 2.05) is 0 Å². The third-order valence-electron chi connectivity index (χ3n) is 4.49. The summed E-state index contributed by atoms with van der Waals surface area (Å²) in [6.45, 7) is 2.92. The highest BCUT2D eigenvalue weighted by Crippen LogP contribution is 2.56. The Labute approximate surface area is 152 Å². The number of hydrogen-bond donors (Lipinski definition) is 2. The summed E-state index contributed by atoms with van der Waals surface area (Å²) in [7, 11) is 0. The number of halogens is 4. The summed E-state index contributed by atoms with van der Waals surface area (Å²) in [5.41, 5.74) is -4.72. The number of aromatic amines is 1. The number of hydrogen-bond acceptors (Lipinski definition) is 4. The first-order valence-corrected chi connectivity index (χ1v) is 8.36. The van der Waals surface area contributed by atoms with Crippen molar-refractivity contribution in [1.82, 2.24) is 4.98 Å². The second-order valence-electron chi connectivity index (χ2n) is 5.96. The lowest BCUT2D eigenvalue weighted by Crippen LogP contribution is -2.57. The normalized spacial score (nSPS) is 18.8. The molecule has 1 aliphatic heterocycles. The molecule has 9 heteroatoms. The zero-order chi connectivity index (χ0) is 19.8. The van der Waals surface area contributed by atoms with Gasteiger partial charge in [-0.3, -0.25) is 4.79 Å². The van der Waals surface area contributed by atoms with Crippen LogP contribution in [0.15, 0.2) is 35.3 Å². The van der Waals surface area contributed by atoms with Gasteiger partial charge < -0.3 is 19.8 Å². The molecule has 27 heavy (non-hydrogen) atoms. The van der Waals surface area contributed by atoms with E-state index in [2.05, 4.69) is 10.3 Å². The summed E-state index contributed by atoms with van der Waals surface area (Å²) in [6, 6.07) is 4.11. The number of nitrogens with one attached hydrogen (secondary N) is 2. The van der Waals surface area contributed by atoms with Crippen molar-refractivity contribution in [2.75, 3.05) is 18.5 Å². The van der Waals surface area contributed by atoms with Crippen LogP contribution in [0.4, 0.5) is 28.9 Å². The van der Waals surface area contributed by atoms with Gasteiger partial charge in [0, 0.05) is 36.2 Å². The highest BCUT2D eigenvalue weighted by Gasteiger charge is 2.66. The molecule has 0 spiro atoms. The average molecular weight is 386 g/mol. The van der Waals surface area contributed by atoms with Crippen LogP contribution in [0.25, 0.3) is 0 Å². The van der Waals surface area contributed by atoms with Crippen molar-refractivity contribution in [2.45, 2.75) is 31.7 Å². The van der Waals surface area contributed by atoms with E-state index in [9.17, 15) is 22.4 Å². The molecule has 0 radical (unpaired) electrons. The summed E-state index contributed by atoms with van der Waals surface area (Å²) in [4.78, 5) is 14.6. The lowest BCUT2D eigenvalue weighted by Gasteiger charge is -2.45. The molecule has 5 nitrogen and oxygen atoms in total. The molecule has 146 valence electrons. The number of fused-ring (bicyclic) bond motifs is 2. The van der Waals surface area contributed by atoms with Crippen LogP contribution in [0.5, 0.6) is 0 Å². The van der Waals surface area contributed by atoms with Crippen LogP contribution < -0.4 is 10.9 Å². The number of ether oxygens (including phenoxy) is 2. The second kappa shape index (κ2) is 6.97. The summed E-state index contributed by atoms with van der Waals surface area (Å²) in [6.07, 6.45) is -5.65. The SMILES string of the molecule is CCOC(OCC)C1(C(F)(F)F)c2cc(F)ccc2Nc2c1cc[nH]c2=O. The second-order valence-corrected chi connectivity index (χ2v) is 5.96. The lowest BCUT2D eigenvalue weighted by molar-refractivity contribution is -0.268. The molecule has 0 saturated heterocycles. The quantitative estimate of drug-likeness (QED) is 0.606. The molecule has 0 amide bonds. The van der Waals surface area contributed by atoms with Crippen LogP contribution in [-0.4, -0.2) is 30.7 Å². The summed E-state index contributed by atoms with van der Waals surface area (Å²) < 4.78 is 68.7. The molecular weight excluding hydrogens is 368 g/mol. The Morgan fingerprint density at radius 2 is 1.78 bits per heavy atom. The first-order chi connectivity index (χ1) is 12.8. The third-order valence-corrected chi connectivity index (χ3v) is 4.49. The minimum atomic E-state index is -4.95. The molecule has 2 heterocycles. The van der Waals surface area contributed by atoms with E-state index in [1.54, 1.807) is 0 Å². The number of anilines is 2. The molecule has 2 aromatic rings. The molecule has 0 aliphatic carbocycles. The molecule has 1 atom stereocenters. The van der Waals surface area contributed by atoms with E-state index >= 15 is 0 Å². The van der Waals surface area contributed by atoms with Gasteiger partial charge in [-0.05, 0) is 38.1 Å². The summed E-state index contributed by atoms with van der Waals surface area (Å²) in [5.74, 6) is -0.843. The van der Waals surface area contributed by atoms with Crippen molar-refractivity contribution in [1.29, 1.82) is 0 Å². The van der Waals surface area contributed by atoms with Crippen LogP contribution in [0.3, 0.4) is 0 Å². The molecule has 3 rings (SSSR count). The Hall–Kier alpha value is -2.39. The molecule has 0 bridgehead atoms. The molecule has 1 aliphatic rings. The van der Waals surface area contributed by atoms with Gasteiger partial charge in [0.05, 0.1) is 0 Å². The Bertz CT molecular complexity index is 891. The Morgan fingerprint density at radius 1 is 1.11 bits per heavy atom. The van der Waals surface area contributed by atoms with Crippen LogP contribution in [-0.2, 0) is 14.9 Å². The molecular formula is C18H18F4N2O3. The van der Waals surface area contributed by atoms with E-state index in [0.717, 1.165) is 30.5 Å². The maximum absolute atomic E-state index is 14.7. The molecule has 2 N–H and O–H groups in total. The molecule has 0 saturated carbocycles. The van der Waals surface area contributed by atoms with Crippen LogP contribution in [0, 0.1) is 5.82 Å². The zero-order valence-electron chi connectivity index (χ0n) is 14.6. The van der Waals surface area contributed by atoms with Gasteiger partial charge in [0.1, 0.15) is 11.5 Å². The molecule has 1 unspecified atom stereocenters. The molecule has 0 fully saturated rings. The number of H-pyrrole nitrogens is 1. The number of pyridine rings is 1. The van der Waals surface area contributed by atoms with Gasteiger partial charge in [-0.15, -0.1) is 0 Å². The molecule has 1 aromatic heterocycles. The molecule has 1 aromatic carbocycles. The number of benzene rings is 1. The highest BCUT2D eigenvalue weighted by molar-refractivity contribution is 5.76. The Morgan fingerprint density at radius 3 is 2.37 bits per heavy atom. The third kappa shape index (κ3) is 2.90. The van der Waals surface area contributed by atoms with Crippen molar-refractivity contribution in [3.8, 4) is 0 Å². The van der Waals surface area contributed by atoms with E-state index in [4.69, 9.17) is 9.47 Å². The number of aromatic nitrogens is 1. The maximum Gasteiger partial charge on any atom is 0.407 e. The van der Waals surface area contributed by atoms with Crippen molar-refractivity contribution >= 4 is 11.4 Å². The summed E-state index contributed by atoms with van der Waals surface area (Å²) >= 11 is 0. The zero-order valence-corrected chi connectivity index (χ0v) is 14.6. The fraction of sp³-hybridized carbons (Fsp3) is 0.389. The first kappa shape index (κ1) is 19.4. The number of rotatable bonds is 5. The fourth-order valence-electron chi connectivity index (χ4n) is 3.46. The van der Waals surface area contributed by atoms with E-state index in [-0.39, 0.29) is 30.2 Å². The fourth-order valence-corrected chi connectivity index (χ4v) is 3.46. The summed E-state index contributed by atoms with van der Waals surface area (Å²) in [5, 5.41) is 2.68. The Kier molecular flexibility index (Phi) is 5.00. The van der Waals surface area contributed by atoms with Crippen molar-refractivity contribution < 1.29 is 27.0 Å². The predicted octanol–water partition coefficient (Wildman–Crippen LogP) is 3.82. The van der Waals surface area contributed by atoms with Crippen molar-refractivity contribution in [2.24, 2.45) is 0 Å². The minimum absolute atomic E-state index is 0.0395. The van der Waals surface area contributed by atoms with Crippen LogP contribution in [0.2, 0.25) is 0 Å². The largest absolute Gasteiger partial charge is 0.407 e. The van der Waals surface area contributed by atoms with E-state index in [1.165, 1.54) is 13.8 Å². The lowest BCUT2D eigenvalue weighted by atomic mass is 9.70. The standard InChI is InChI=1S/C18H18F4N2O3/c1-3-26-16(27-4-2)17(18(20,21)22)11-7-8-23-15(25)14(11)24-13-6-5-10(19)9-12(13)17/h5-9,16,24H,3-4H2,1-2H3,(H,23,25). The van der Waals surface area contributed by atoms with Crippen molar-refractivity contribution in [3.05, 3.63) is 57.8 Å².